The van der Waals surface area contributed by atoms with Crippen LogP contribution in [-0.4, -0.2) is 41.7 Å². The van der Waals surface area contributed by atoms with E-state index in [1.165, 1.54) is 19.1 Å². The topological polar surface area (TPSA) is 77.5 Å². The standard InChI is InChI=1S/C24H25FN4O2/c1-15-14-29(9-8-27-15)19-10-18(12-26-13-19)21-5-3-4-20(24(21)31)17-6-7-23(22(25)11-17)28-16(2)30/h3-7,10-13,15,27,31H,8-9,14H2,1-2H3,(H,28,30)/t15-/m1/s1. The molecule has 1 aliphatic rings. The van der Waals surface area contributed by atoms with E-state index in [9.17, 15) is 14.3 Å². The maximum Gasteiger partial charge on any atom is 0.221 e. The Balaban J connectivity index is 1.68. The van der Waals surface area contributed by atoms with Crippen LogP contribution in [0.15, 0.2) is 54.9 Å². The van der Waals surface area contributed by atoms with Gasteiger partial charge in [0.05, 0.1) is 17.6 Å². The number of pyridine rings is 1. The monoisotopic (exact) mass is 420 g/mol. The average molecular weight is 420 g/mol. The second-order valence-corrected chi connectivity index (χ2v) is 7.81. The molecule has 7 heteroatoms. The summed E-state index contributed by atoms with van der Waals surface area (Å²) in [6.45, 7) is 6.16. The lowest BCUT2D eigenvalue weighted by atomic mass is 9.97. The number of hydrogen-bond donors (Lipinski definition) is 3. The molecule has 0 radical (unpaired) electrons. The van der Waals surface area contributed by atoms with E-state index in [1.807, 2.05) is 24.4 Å². The highest BCUT2D eigenvalue weighted by atomic mass is 19.1. The van der Waals surface area contributed by atoms with Crippen LogP contribution in [0.3, 0.4) is 0 Å². The number of nitrogens with one attached hydrogen (secondary N) is 2. The van der Waals surface area contributed by atoms with Crippen LogP contribution in [0.4, 0.5) is 15.8 Å². The van der Waals surface area contributed by atoms with Gasteiger partial charge in [-0.1, -0.05) is 24.3 Å². The maximum absolute atomic E-state index is 14.4. The van der Waals surface area contributed by atoms with Gasteiger partial charge in [-0.15, -0.1) is 0 Å². The highest BCUT2D eigenvalue weighted by molar-refractivity contribution is 5.89. The van der Waals surface area contributed by atoms with Crippen molar-refractivity contribution in [2.75, 3.05) is 29.9 Å². The molecule has 1 fully saturated rings. The van der Waals surface area contributed by atoms with Gasteiger partial charge in [0.2, 0.25) is 5.91 Å². The van der Waals surface area contributed by atoms with Crippen LogP contribution < -0.4 is 15.5 Å². The van der Waals surface area contributed by atoms with E-state index in [1.54, 1.807) is 18.3 Å². The van der Waals surface area contributed by atoms with E-state index < -0.39 is 5.82 Å². The summed E-state index contributed by atoms with van der Waals surface area (Å²) in [7, 11) is 0. The van der Waals surface area contributed by atoms with E-state index in [2.05, 4.69) is 27.4 Å². The van der Waals surface area contributed by atoms with Crippen LogP contribution in [0.25, 0.3) is 22.3 Å². The van der Waals surface area contributed by atoms with Gasteiger partial charge in [0.25, 0.3) is 0 Å². The first kappa shape index (κ1) is 20.8. The molecule has 1 saturated heterocycles. The number of benzene rings is 2. The van der Waals surface area contributed by atoms with Gasteiger partial charge in [-0.25, -0.2) is 4.39 Å². The zero-order valence-corrected chi connectivity index (χ0v) is 17.5. The third-order valence-corrected chi connectivity index (χ3v) is 5.40. The number of anilines is 2. The summed E-state index contributed by atoms with van der Waals surface area (Å²) < 4.78 is 14.4. The van der Waals surface area contributed by atoms with Crippen LogP contribution in [-0.2, 0) is 4.79 Å². The summed E-state index contributed by atoms with van der Waals surface area (Å²) in [5.74, 6) is -0.849. The van der Waals surface area contributed by atoms with Crippen molar-refractivity contribution < 1.29 is 14.3 Å². The molecule has 160 valence electrons. The van der Waals surface area contributed by atoms with Crippen LogP contribution in [0, 0.1) is 5.82 Å². The van der Waals surface area contributed by atoms with E-state index in [4.69, 9.17) is 0 Å². The lowest BCUT2D eigenvalue weighted by molar-refractivity contribution is -0.114. The number of aromatic nitrogens is 1. The number of phenolic OH excluding ortho intramolecular Hbond substituents is 1. The zero-order valence-electron chi connectivity index (χ0n) is 17.5. The molecule has 1 aromatic heterocycles. The lowest BCUT2D eigenvalue weighted by Gasteiger charge is -2.33. The summed E-state index contributed by atoms with van der Waals surface area (Å²) in [4.78, 5) is 17.9. The molecule has 31 heavy (non-hydrogen) atoms. The van der Waals surface area contributed by atoms with Crippen molar-refractivity contribution in [2.45, 2.75) is 19.9 Å². The van der Waals surface area contributed by atoms with Crippen LogP contribution in [0.5, 0.6) is 5.75 Å². The Morgan fingerprint density at radius 2 is 1.97 bits per heavy atom. The Morgan fingerprint density at radius 1 is 1.19 bits per heavy atom. The molecule has 4 rings (SSSR count). The molecule has 1 atom stereocenters. The summed E-state index contributed by atoms with van der Waals surface area (Å²) in [5, 5.41) is 16.9. The number of phenols is 1. The van der Waals surface area contributed by atoms with Crippen LogP contribution in [0.1, 0.15) is 13.8 Å². The van der Waals surface area contributed by atoms with E-state index in [-0.39, 0.29) is 17.3 Å². The van der Waals surface area contributed by atoms with Crippen molar-refractivity contribution in [3.05, 3.63) is 60.7 Å². The molecule has 3 N–H and O–H groups in total. The van der Waals surface area contributed by atoms with Gasteiger partial charge in [-0.2, -0.15) is 0 Å². The van der Waals surface area contributed by atoms with E-state index in [0.29, 0.717) is 22.7 Å². The quantitative estimate of drug-likeness (QED) is 0.594. The van der Waals surface area contributed by atoms with Crippen molar-refractivity contribution in [3.63, 3.8) is 0 Å². The predicted molar refractivity (Wildman–Crippen MR) is 121 cm³/mol. The Kier molecular flexibility index (Phi) is 5.86. The smallest absolute Gasteiger partial charge is 0.221 e. The first-order valence-corrected chi connectivity index (χ1v) is 10.3. The van der Waals surface area contributed by atoms with Crippen molar-refractivity contribution in [3.8, 4) is 28.0 Å². The van der Waals surface area contributed by atoms with Crippen molar-refractivity contribution in [1.29, 1.82) is 0 Å². The van der Waals surface area contributed by atoms with Gasteiger partial charge in [0, 0.05) is 55.5 Å². The largest absolute Gasteiger partial charge is 0.507 e. The summed E-state index contributed by atoms with van der Waals surface area (Å²) >= 11 is 0. The Morgan fingerprint density at radius 3 is 2.68 bits per heavy atom. The van der Waals surface area contributed by atoms with Gasteiger partial charge in [0.15, 0.2) is 0 Å². The van der Waals surface area contributed by atoms with Crippen LogP contribution >= 0.6 is 0 Å². The normalized spacial score (nSPS) is 16.2. The van der Waals surface area contributed by atoms with E-state index in [0.717, 1.165) is 30.9 Å². The third-order valence-electron chi connectivity index (χ3n) is 5.40. The highest BCUT2D eigenvalue weighted by Gasteiger charge is 2.18. The Hall–Kier alpha value is -3.45. The first-order valence-electron chi connectivity index (χ1n) is 10.3. The predicted octanol–water partition coefficient (Wildman–Crippen LogP) is 4.02. The molecule has 1 amide bonds. The number of halogens is 1. The lowest BCUT2D eigenvalue weighted by Crippen LogP contribution is -2.49. The number of carbonyl (C=O) groups excluding carboxylic acids is 1. The molecule has 6 nitrogen and oxygen atoms in total. The summed E-state index contributed by atoms with van der Waals surface area (Å²) in [5.41, 5.74) is 3.55. The molecule has 1 aliphatic heterocycles. The fraction of sp³-hybridized carbons (Fsp3) is 0.250. The number of carbonyl (C=O) groups is 1. The number of piperazine rings is 1. The van der Waals surface area contributed by atoms with Crippen molar-refractivity contribution >= 4 is 17.3 Å². The van der Waals surface area contributed by atoms with Crippen LogP contribution in [0.2, 0.25) is 0 Å². The number of nitrogens with zero attached hydrogens (tertiary/aromatic N) is 2. The highest BCUT2D eigenvalue weighted by Crippen LogP contribution is 2.39. The SMILES string of the molecule is CC(=O)Nc1ccc(-c2cccc(-c3cncc(N4CCN[C@H](C)C4)c3)c2O)cc1F. The molecule has 2 aromatic carbocycles. The molecule has 3 aromatic rings. The Labute approximate surface area is 180 Å². The number of hydrogen-bond acceptors (Lipinski definition) is 5. The molecular formula is C24H25FN4O2. The average Bonchev–Trinajstić information content (AvgIpc) is 2.75. The fourth-order valence-corrected chi connectivity index (χ4v) is 3.90. The molecule has 0 aliphatic carbocycles. The maximum atomic E-state index is 14.4. The molecular weight excluding hydrogens is 395 g/mol. The zero-order chi connectivity index (χ0) is 22.0. The first-order chi connectivity index (χ1) is 14.9. The number of amides is 1. The van der Waals surface area contributed by atoms with Gasteiger partial charge >= 0.3 is 0 Å². The summed E-state index contributed by atoms with van der Waals surface area (Å²) in [6.07, 6.45) is 3.55. The summed E-state index contributed by atoms with van der Waals surface area (Å²) in [6, 6.07) is 12.3. The minimum absolute atomic E-state index is 0.0572. The molecule has 0 saturated carbocycles. The van der Waals surface area contributed by atoms with Gasteiger partial charge in [0.1, 0.15) is 11.6 Å². The second-order valence-electron chi connectivity index (χ2n) is 7.81. The Bertz CT molecular complexity index is 1120. The third kappa shape index (κ3) is 4.51. The van der Waals surface area contributed by atoms with E-state index >= 15 is 0 Å². The molecule has 0 unspecified atom stereocenters. The minimum Gasteiger partial charge on any atom is -0.507 e. The second kappa shape index (κ2) is 8.73. The minimum atomic E-state index is -0.561. The fourth-order valence-electron chi connectivity index (χ4n) is 3.90. The van der Waals surface area contributed by atoms with Gasteiger partial charge in [-0.05, 0) is 30.7 Å². The number of para-hydroxylation sites is 1. The van der Waals surface area contributed by atoms with Crippen molar-refractivity contribution in [2.24, 2.45) is 0 Å². The van der Waals surface area contributed by atoms with Crippen molar-refractivity contribution in [1.82, 2.24) is 10.3 Å². The van der Waals surface area contributed by atoms with Gasteiger partial charge in [-0.3, -0.25) is 9.78 Å². The molecule has 0 bridgehead atoms. The molecule has 0 spiro atoms. The molecule has 2 heterocycles. The van der Waals surface area contributed by atoms with Gasteiger partial charge < -0.3 is 20.6 Å². The number of rotatable bonds is 4. The number of aromatic hydroxyl groups is 1.